The lowest BCUT2D eigenvalue weighted by atomic mass is 10.3. The van der Waals surface area contributed by atoms with Crippen molar-refractivity contribution in [3.63, 3.8) is 0 Å². The van der Waals surface area contributed by atoms with Gasteiger partial charge in [0.1, 0.15) is 23.5 Å². The number of anilines is 2. The molecule has 21 heavy (non-hydrogen) atoms. The van der Waals surface area contributed by atoms with E-state index in [0.29, 0.717) is 22.2 Å². The van der Waals surface area contributed by atoms with Crippen LogP contribution >= 0.6 is 11.6 Å². The molecule has 3 aromatic rings. The number of fused-ring (bicyclic) bond motifs is 1. The van der Waals surface area contributed by atoms with Gasteiger partial charge >= 0.3 is 0 Å². The summed E-state index contributed by atoms with van der Waals surface area (Å²) in [6.07, 6.45) is 1.43. The molecule has 3 rings (SSSR count). The Morgan fingerprint density at radius 3 is 2.90 bits per heavy atom. The molecule has 7 heteroatoms. The fraction of sp³-hybridized carbons (Fsp3) is 0.0714. The molecular formula is C14H12ClN5O. The van der Waals surface area contributed by atoms with Crippen molar-refractivity contribution in [2.24, 2.45) is 0 Å². The van der Waals surface area contributed by atoms with Crippen LogP contribution in [0.5, 0.6) is 0 Å². The monoisotopic (exact) mass is 301 g/mol. The Hall–Kier alpha value is -2.60. The molecule has 0 aliphatic rings. The van der Waals surface area contributed by atoms with Crippen LogP contribution in [0.1, 0.15) is 10.5 Å². The third kappa shape index (κ3) is 2.66. The fourth-order valence-corrected chi connectivity index (χ4v) is 2.19. The molecule has 0 aliphatic heterocycles. The molecule has 0 saturated heterocycles. The van der Waals surface area contributed by atoms with Crippen molar-refractivity contribution in [2.45, 2.75) is 0 Å². The van der Waals surface area contributed by atoms with E-state index in [1.54, 1.807) is 25.2 Å². The summed E-state index contributed by atoms with van der Waals surface area (Å²) in [6, 6.07) is 9.02. The van der Waals surface area contributed by atoms with E-state index in [1.165, 1.54) is 6.33 Å². The third-order valence-electron chi connectivity index (χ3n) is 2.98. The van der Waals surface area contributed by atoms with E-state index < -0.39 is 0 Å². The number of nitrogens with one attached hydrogen (secondary N) is 3. The van der Waals surface area contributed by atoms with Crippen LogP contribution in [0.2, 0.25) is 5.02 Å². The number of carbonyl (C=O) groups excluding carboxylic acids is 1. The predicted molar refractivity (Wildman–Crippen MR) is 82.0 cm³/mol. The topological polar surface area (TPSA) is 82.7 Å². The van der Waals surface area contributed by atoms with E-state index in [-0.39, 0.29) is 5.91 Å². The number of carbonyl (C=O) groups is 1. The van der Waals surface area contributed by atoms with Crippen molar-refractivity contribution in [2.75, 3.05) is 12.4 Å². The SMILES string of the molecule is CNC(=O)c1cc2c(Nc3cccc(Cl)c3)ncnc2[nH]1. The minimum Gasteiger partial charge on any atom is -0.354 e. The molecule has 0 unspecified atom stereocenters. The molecule has 3 N–H and O–H groups in total. The van der Waals surface area contributed by atoms with Crippen molar-refractivity contribution in [3.05, 3.63) is 47.4 Å². The van der Waals surface area contributed by atoms with Gasteiger partial charge in [0, 0.05) is 17.8 Å². The number of nitrogens with zero attached hydrogens (tertiary/aromatic N) is 2. The average molecular weight is 302 g/mol. The maximum Gasteiger partial charge on any atom is 0.267 e. The summed E-state index contributed by atoms with van der Waals surface area (Å²) in [4.78, 5) is 23.0. The molecule has 0 spiro atoms. The van der Waals surface area contributed by atoms with Gasteiger partial charge in [-0.05, 0) is 24.3 Å². The summed E-state index contributed by atoms with van der Waals surface area (Å²) >= 11 is 5.96. The second-order valence-electron chi connectivity index (χ2n) is 4.38. The number of rotatable bonds is 3. The van der Waals surface area contributed by atoms with E-state index in [4.69, 9.17) is 11.6 Å². The van der Waals surface area contributed by atoms with Gasteiger partial charge in [-0.1, -0.05) is 17.7 Å². The molecule has 0 aliphatic carbocycles. The van der Waals surface area contributed by atoms with Crippen LogP contribution in [-0.2, 0) is 0 Å². The zero-order valence-electron chi connectivity index (χ0n) is 11.1. The molecular weight excluding hydrogens is 290 g/mol. The van der Waals surface area contributed by atoms with Crippen molar-refractivity contribution in [3.8, 4) is 0 Å². The molecule has 0 atom stereocenters. The van der Waals surface area contributed by atoms with Crippen LogP contribution in [0, 0.1) is 0 Å². The number of benzene rings is 1. The van der Waals surface area contributed by atoms with Gasteiger partial charge in [-0.3, -0.25) is 4.79 Å². The summed E-state index contributed by atoms with van der Waals surface area (Å²) in [5.41, 5.74) is 1.83. The number of halogens is 1. The predicted octanol–water partition coefficient (Wildman–Crippen LogP) is 2.71. The van der Waals surface area contributed by atoms with Crippen molar-refractivity contribution in [1.29, 1.82) is 0 Å². The first-order valence-corrected chi connectivity index (χ1v) is 6.63. The smallest absolute Gasteiger partial charge is 0.267 e. The van der Waals surface area contributed by atoms with Gasteiger partial charge in [-0.25, -0.2) is 9.97 Å². The first-order valence-electron chi connectivity index (χ1n) is 6.26. The second kappa shape index (κ2) is 5.41. The molecule has 0 fully saturated rings. The van der Waals surface area contributed by atoms with Crippen molar-refractivity contribution < 1.29 is 4.79 Å². The van der Waals surface area contributed by atoms with Gasteiger partial charge in [0.25, 0.3) is 5.91 Å². The summed E-state index contributed by atoms with van der Waals surface area (Å²) in [7, 11) is 1.57. The molecule has 2 heterocycles. The number of aromatic nitrogens is 3. The van der Waals surface area contributed by atoms with Crippen LogP contribution < -0.4 is 10.6 Å². The van der Waals surface area contributed by atoms with E-state index in [9.17, 15) is 4.79 Å². The standard InChI is InChI=1S/C14H12ClN5O/c1-16-14(21)11-6-10-12(17-7-18-13(10)20-11)19-9-4-2-3-8(15)5-9/h2-7H,1H3,(H,16,21)(H2,17,18,19,20). The van der Waals surface area contributed by atoms with E-state index >= 15 is 0 Å². The molecule has 6 nitrogen and oxygen atoms in total. The minimum atomic E-state index is -0.207. The maximum absolute atomic E-state index is 11.7. The molecule has 0 radical (unpaired) electrons. The lowest BCUT2D eigenvalue weighted by Gasteiger charge is -2.06. The summed E-state index contributed by atoms with van der Waals surface area (Å²) < 4.78 is 0. The van der Waals surface area contributed by atoms with Gasteiger partial charge in [0.2, 0.25) is 0 Å². The third-order valence-corrected chi connectivity index (χ3v) is 3.22. The van der Waals surface area contributed by atoms with Crippen molar-refractivity contribution >= 4 is 40.0 Å². The zero-order valence-corrected chi connectivity index (χ0v) is 11.9. The lowest BCUT2D eigenvalue weighted by Crippen LogP contribution is -2.17. The first-order chi connectivity index (χ1) is 10.2. The highest BCUT2D eigenvalue weighted by Gasteiger charge is 2.12. The number of hydrogen-bond donors (Lipinski definition) is 3. The van der Waals surface area contributed by atoms with Gasteiger partial charge in [0.05, 0.1) is 5.39 Å². The first kappa shape index (κ1) is 13.4. The van der Waals surface area contributed by atoms with Crippen molar-refractivity contribution in [1.82, 2.24) is 20.3 Å². The maximum atomic E-state index is 11.7. The Balaban J connectivity index is 2.02. The lowest BCUT2D eigenvalue weighted by molar-refractivity contribution is 0.0959. The fourth-order valence-electron chi connectivity index (χ4n) is 2.00. The number of amides is 1. The zero-order chi connectivity index (χ0) is 14.8. The Labute approximate surface area is 125 Å². The van der Waals surface area contributed by atoms with Crippen LogP contribution in [0.15, 0.2) is 36.7 Å². The van der Waals surface area contributed by atoms with E-state index in [2.05, 4.69) is 25.6 Å². The van der Waals surface area contributed by atoms with Gasteiger partial charge < -0.3 is 15.6 Å². The average Bonchev–Trinajstić information content (AvgIpc) is 2.92. The highest BCUT2D eigenvalue weighted by Crippen LogP contribution is 2.25. The minimum absolute atomic E-state index is 0.207. The molecule has 1 amide bonds. The number of hydrogen-bond acceptors (Lipinski definition) is 4. The van der Waals surface area contributed by atoms with Gasteiger partial charge in [-0.2, -0.15) is 0 Å². The van der Waals surface area contributed by atoms with Crippen LogP contribution in [-0.4, -0.2) is 27.9 Å². The molecule has 0 bridgehead atoms. The number of H-pyrrole nitrogens is 1. The Morgan fingerprint density at radius 2 is 2.14 bits per heavy atom. The van der Waals surface area contributed by atoms with E-state index in [0.717, 1.165) is 11.1 Å². The normalized spacial score (nSPS) is 10.6. The largest absolute Gasteiger partial charge is 0.354 e. The molecule has 1 aromatic carbocycles. The van der Waals surface area contributed by atoms with Crippen LogP contribution in [0.3, 0.4) is 0 Å². The molecule has 106 valence electrons. The molecule has 2 aromatic heterocycles. The van der Waals surface area contributed by atoms with E-state index in [1.807, 2.05) is 12.1 Å². The summed E-state index contributed by atoms with van der Waals surface area (Å²) in [5.74, 6) is 0.398. The quantitative estimate of drug-likeness (QED) is 0.694. The molecule has 0 saturated carbocycles. The highest BCUT2D eigenvalue weighted by atomic mass is 35.5. The highest BCUT2D eigenvalue weighted by molar-refractivity contribution is 6.30. The Morgan fingerprint density at radius 1 is 1.29 bits per heavy atom. The Bertz CT molecular complexity index is 814. The van der Waals surface area contributed by atoms with Gasteiger partial charge in [0.15, 0.2) is 0 Å². The second-order valence-corrected chi connectivity index (χ2v) is 4.82. The van der Waals surface area contributed by atoms with Gasteiger partial charge in [-0.15, -0.1) is 0 Å². The van der Waals surface area contributed by atoms with Crippen LogP contribution in [0.4, 0.5) is 11.5 Å². The van der Waals surface area contributed by atoms with Crippen LogP contribution in [0.25, 0.3) is 11.0 Å². The summed E-state index contributed by atoms with van der Waals surface area (Å²) in [6.45, 7) is 0. The summed E-state index contributed by atoms with van der Waals surface area (Å²) in [5, 5.41) is 7.10. The number of aromatic amines is 1. The Kier molecular flexibility index (Phi) is 3.45.